The molecule has 0 atom stereocenters. The smallest absolute Gasteiger partial charge is 0.305 e. The maximum absolute atomic E-state index is 12.0. The lowest BCUT2D eigenvalue weighted by atomic mass is 10.0. The second-order valence-corrected chi connectivity index (χ2v) is 15.9. The standard InChI is InChI=1S/C48H90O4/c1-2-3-4-5-6-7-8-9-23-27-30-33-36-39-42-45-48(51)52-46-43-40-37-34-31-28-25-22-20-18-16-14-12-10-11-13-15-17-19-21-24-26-29-32-35-38-41-44-47(49)50/h6-7,9,23H,2-5,8,10-22,24-46H2,1H3,(H,49,50)/b7-6-,23-9-. The van der Waals surface area contributed by atoms with E-state index < -0.39 is 5.97 Å². The molecule has 4 nitrogen and oxygen atoms in total. The van der Waals surface area contributed by atoms with Gasteiger partial charge in [-0.05, 0) is 51.4 Å². The van der Waals surface area contributed by atoms with E-state index >= 15 is 0 Å². The lowest BCUT2D eigenvalue weighted by molar-refractivity contribution is -0.144. The van der Waals surface area contributed by atoms with Crippen LogP contribution in [0.2, 0.25) is 0 Å². The van der Waals surface area contributed by atoms with Crippen molar-refractivity contribution in [3.05, 3.63) is 24.3 Å². The molecule has 0 rings (SSSR count). The third-order valence-electron chi connectivity index (χ3n) is 10.6. The molecule has 0 aromatic rings. The van der Waals surface area contributed by atoms with Crippen molar-refractivity contribution < 1.29 is 19.4 Å². The number of rotatable bonds is 44. The zero-order valence-electron chi connectivity index (χ0n) is 35.0. The zero-order chi connectivity index (χ0) is 37.7. The quantitative estimate of drug-likeness (QED) is 0.0385. The third kappa shape index (κ3) is 46.4. The molecular formula is C48H90O4. The van der Waals surface area contributed by atoms with E-state index in [0.29, 0.717) is 19.4 Å². The van der Waals surface area contributed by atoms with Gasteiger partial charge in [-0.25, -0.2) is 0 Å². The Labute approximate surface area is 325 Å². The van der Waals surface area contributed by atoms with Crippen LogP contribution in [0.5, 0.6) is 0 Å². The Hall–Kier alpha value is -1.58. The van der Waals surface area contributed by atoms with Gasteiger partial charge >= 0.3 is 11.9 Å². The Bertz CT molecular complexity index is 772. The van der Waals surface area contributed by atoms with E-state index in [1.54, 1.807) is 0 Å². The van der Waals surface area contributed by atoms with E-state index in [-0.39, 0.29) is 5.97 Å². The lowest BCUT2D eigenvalue weighted by Gasteiger charge is -2.06. The molecule has 1 N–H and O–H groups in total. The molecule has 0 saturated heterocycles. The van der Waals surface area contributed by atoms with E-state index in [4.69, 9.17) is 9.84 Å². The first-order valence-corrected chi connectivity index (χ1v) is 23.3. The Morgan fingerprint density at radius 1 is 0.385 bits per heavy atom. The molecule has 0 radical (unpaired) electrons. The van der Waals surface area contributed by atoms with Crippen molar-refractivity contribution in [2.45, 2.75) is 264 Å². The van der Waals surface area contributed by atoms with Crippen LogP contribution in [0.25, 0.3) is 0 Å². The predicted octanol–water partition coefficient (Wildman–Crippen LogP) is 16.4. The largest absolute Gasteiger partial charge is 0.481 e. The van der Waals surface area contributed by atoms with Crippen LogP contribution in [0.3, 0.4) is 0 Å². The number of carboxylic acids is 1. The summed E-state index contributed by atoms with van der Waals surface area (Å²) < 4.78 is 5.46. The average molecular weight is 731 g/mol. The fraction of sp³-hybridized carbons (Fsp3) is 0.875. The van der Waals surface area contributed by atoms with Gasteiger partial charge in [0.05, 0.1) is 6.61 Å². The summed E-state index contributed by atoms with van der Waals surface area (Å²) in [5.41, 5.74) is 0. The molecular weight excluding hydrogens is 641 g/mol. The minimum atomic E-state index is -0.654. The highest BCUT2D eigenvalue weighted by Gasteiger charge is 2.03. The summed E-state index contributed by atoms with van der Waals surface area (Å²) in [6.07, 6.45) is 59.5. The van der Waals surface area contributed by atoms with E-state index in [9.17, 15) is 9.59 Å². The van der Waals surface area contributed by atoms with Crippen LogP contribution in [0.4, 0.5) is 0 Å². The molecule has 0 unspecified atom stereocenters. The van der Waals surface area contributed by atoms with Gasteiger partial charge in [-0.2, -0.15) is 0 Å². The molecule has 0 heterocycles. The summed E-state index contributed by atoms with van der Waals surface area (Å²) in [6, 6.07) is 0. The molecule has 306 valence electrons. The predicted molar refractivity (Wildman–Crippen MR) is 227 cm³/mol. The van der Waals surface area contributed by atoms with E-state index in [0.717, 1.165) is 38.5 Å². The molecule has 0 bridgehead atoms. The Morgan fingerprint density at radius 2 is 0.692 bits per heavy atom. The summed E-state index contributed by atoms with van der Waals surface area (Å²) in [5.74, 6) is -0.648. The highest BCUT2D eigenvalue weighted by molar-refractivity contribution is 5.69. The minimum Gasteiger partial charge on any atom is -0.481 e. The van der Waals surface area contributed by atoms with Crippen LogP contribution in [0.15, 0.2) is 24.3 Å². The van der Waals surface area contributed by atoms with Gasteiger partial charge in [0.2, 0.25) is 0 Å². The van der Waals surface area contributed by atoms with Gasteiger partial charge in [0.15, 0.2) is 0 Å². The van der Waals surface area contributed by atoms with Gasteiger partial charge in [-0.1, -0.05) is 224 Å². The van der Waals surface area contributed by atoms with Crippen LogP contribution >= 0.6 is 0 Å². The molecule has 0 aromatic heterocycles. The van der Waals surface area contributed by atoms with Gasteiger partial charge in [0.25, 0.3) is 0 Å². The number of carboxylic acid groups (broad SMARTS) is 1. The van der Waals surface area contributed by atoms with Crippen LogP contribution in [-0.4, -0.2) is 23.7 Å². The monoisotopic (exact) mass is 731 g/mol. The number of hydrogen-bond acceptors (Lipinski definition) is 3. The fourth-order valence-corrected chi connectivity index (χ4v) is 7.14. The Balaban J connectivity index is 3.17. The van der Waals surface area contributed by atoms with Crippen molar-refractivity contribution in [2.24, 2.45) is 0 Å². The lowest BCUT2D eigenvalue weighted by Crippen LogP contribution is -2.05. The van der Waals surface area contributed by atoms with Crippen LogP contribution in [0, 0.1) is 0 Å². The number of carbonyl (C=O) groups is 2. The summed E-state index contributed by atoms with van der Waals surface area (Å²) >= 11 is 0. The molecule has 0 saturated carbocycles. The molecule has 0 fully saturated rings. The first-order valence-electron chi connectivity index (χ1n) is 23.3. The Kier molecular flexibility index (Phi) is 44.2. The number of esters is 1. The molecule has 0 spiro atoms. The minimum absolute atomic E-state index is 0.00599. The normalized spacial score (nSPS) is 11.7. The van der Waals surface area contributed by atoms with Crippen molar-refractivity contribution in [1.82, 2.24) is 0 Å². The molecule has 0 aliphatic heterocycles. The van der Waals surface area contributed by atoms with Crippen molar-refractivity contribution in [1.29, 1.82) is 0 Å². The molecule has 0 amide bonds. The number of ether oxygens (including phenoxy) is 1. The number of aliphatic carboxylic acids is 1. The zero-order valence-corrected chi connectivity index (χ0v) is 35.0. The molecule has 4 heteroatoms. The van der Waals surface area contributed by atoms with Gasteiger partial charge in [-0.3, -0.25) is 9.59 Å². The molecule has 0 aliphatic carbocycles. The highest BCUT2D eigenvalue weighted by Crippen LogP contribution is 2.17. The second-order valence-electron chi connectivity index (χ2n) is 15.9. The SMILES string of the molecule is CCCCC/C=C\C/C=C\CCCCCCCC(=O)OCCCCCCCCCCCCCCCCCCCCCCCCCCCCCC(=O)O. The second kappa shape index (κ2) is 45.6. The van der Waals surface area contributed by atoms with Gasteiger partial charge < -0.3 is 9.84 Å². The van der Waals surface area contributed by atoms with E-state index in [1.807, 2.05) is 0 Å². The van der Waals surface area contributed by atoms with E-state index in [2.05, 4.69) is 31.2 Å². The number of hydrogen-bond donors (Lipinski definition) is 1. The van der Waals surface area contributed by atoms with Crippen LogP contribution in [0.1, 0.15) is 264 Å². The van der Waals surface area contributed by atoms with Crippen molar-refractivity contribution >= 4 is 11.9 Å². The summed E-state index contributed by atoms with van der Waals surface area (Å²) in [6.45, 7) is 2.87. The summed E-state index contributed by atoms with van der Waals surface area (Å²) in [5, 5.41) is 8.66. The fourth-order valence-electron chi connectivity index (χ4n) is 7.14. The third-order valence-corrected chi connectivity index (χ3v) is 10.6. The van der Waals surface area contributed by atoms with Gasteiger partial charge in [0, 0.05) is 12.8 Å². The topological polar surface area (TPSA) is 63.6 Å². The van der Waals surface area contributed by atoms with Crippen LogP contribution in [-0.2, 0) is 14.3 Å². The highest BCUT2D eigenvalue weighted by atomic mass is 16.5. The summed E-state index contributed by atoms with van der Waals surface area (Å²) in [7, 11) is 0. The number of carbonyl (C=O) groups excluding carboxylic acids is 1. The average Bonchev–Trinajstić information content (AvgIpc) is 3.13. The van der Waals surface area contributed by atoms with Gasteiger partial charge in [-0.15, -0.1) is 0 Å². The maximum Gasteiger partial charge on any atom is 0.305 e. The molecule has 52 heavy (non-hydrogen) atoms. The first kappa shape index (κ1) is 50.4. The van der Waals surface area contributed by atoms with Crippen molar-refractivity contribution in [2.75, 3.05) is 6.61 Å². The number of unbranched alkanes of at least 4 members (excludes halogenated alkanes) is 34. The molecule has 0 aliphatic rings. The number of allylic oxidation sites excluding steroid dienone is 4. The van der Waals surface area contributed by atoms with Crippen LogP contribution < -0.4 is 0 Å². The van der Waals surface area contributed by atoms with E-state index in [1.165, 1.54) is 205 Å². The van der Waals surface area contributed by atoms with Crippen molar-refractivity contribution in [3.63, 3.8) is 0 Å². The first-order chi connectivity index (χ1) is 25.7. The maximum atomic E-state index is 12.0. The summed E-state index contributed by atoms with van der Waals surface area (Å²) in [4.78, 5) is 22.5. The van der Waals surface area contributed by atoms with Gasteiger partial charge in [0.1, 0.15) is 0 Å². The Morgan fingerprint density at radius 3 is 1.06 bits per heavy atom. The van der Waals surface area contributed by atoms with Crippen molar-refractivity contribution in [3.8, 4) is 0 Å². The molecule has 0 aromatic carbocycles.